The number of hydrogen-bond acceptors (Lipinski definition) is 4. The Morgan fingerprint density at radius 1 is 0.938 bits per heavy atom. The van der Waals surface area contributed by atoms with Crippen molar-refractivity contribution in [1.29, 1.82) is 0 Å². The molecule has 2 amide bonds. The standard InChI is InChI=1S/C26H29N3O3/c1-19-12-14-29(15-13-19)18-22-6-3-2-5-21(22)17-27-25(30)20-8-10-23(11-9-20)28-26(31)24-7-4-16-32-24/h2-11,16,19H,12-15,17-18H2,1H3,(H,27,30)(H,28,31). The van der Waals surface area contributed by atoms with Crippen LogP contribution in [-0.2, 0) is 13.1 Å². The highest BCUT2D eigenvalue weighted by Gasteiger charge is 2.17. The predicted molar refractivity (Wildman–Crippen MR) is 124 cm³/mol. The molecule has 166 valence electrons. The summed E-state index contributed by atoms with van der Waals surface area (Å²) in [5.74, 6) is 0.581. The summed E-state index contributed by atoms with van der Waals surface area (Å²) >= 11 is 0. The Morgan fingerprint density at radius 3 is 2.34 bits per heavy atom. The summed E-state index contributed by atoms with van der Waals surface area (Å²) in [5.41, 5.74) is 3.55. The number of furan rings is 1. The monoisotopic (exact) mass is 431 g/mol. The van der Waals surface area contributed by atoms with Crippen molar-refractivity contribution in [2.45, 2.75) is 32.9 Å². The molecule has 1 aliphatic heterocycles. The number of piperidine rings is 1. The number of likely N-dealkylation sites (tertiary alicyclic amines) is 1. The molecule has 3 aromatic rings. The number of nitrogens with zero attached hydrogens (tertiary/aromatic N) is 1. The molecule has 1 saturated heterocycles. The van der Waals surface area contributed by atoms with Gasteiger partial charge in [0.1, 0.15) is 0 Å². The Bertz CT molecular complexity index is 1040. The topological polar surface area (TPSA) is 74.6 Å². The summed E-state index contributed by atoms with van der Waals surface area (Å²) in [6.07, 6.45) is 3.95. The molecule has 2 heterocycles. The minimum atomic E-state index is -0.327. The zero-order valence-corrected chi connectivity index (χ0v) is 18.3. The maximum atomic E-state index is 12.7. The maximum Gasteiger partial charge on any atom is 0.291 e. The van der Waals surface area contributed by atoms with Gasteiger partial charge in [-0.25, -0.2) is 0 Å². The summed E-state index contributed by atoms with van der Waals surface area (Å²) in [4.78, 5) is 27.2. The Kier molecular flexibility index (Phi) is 7.02. The van der Waals surface area contributed by atoms with Crippen molar-refractivity contribution < 1.29 is 14.0 Å². The first-order valence-corrected chi connectivity index (χ1v) is 11.1. The van der Waals surface area contributed by atoms with Crippen LogP contribution in [0.5, 0.6) is 0 Å². The zero-order valence-electron chi connectivity index (χ0n) is 18.3. The molecule has 1 aromatic heterocycles. The molecule has 2 N–H and O–H groups in total. The second-order valence-corrected chi connectivity index (χ2v) is 8.42. The van der Waals surface area contributed by atoms with Crippen molar-refractivity contribution in [3.63, 3.8) is 0 Å². The Hall–Kier alpha value is -3.38. The summed E-state index contributed by atoms with van der Waals surface area (Å²) in [7, 11) is 0. The molecule has 2 aromatic carbocycles. The number of hydrogen-bond donors (Lipinski definition) is 2. The predicted octanol–water partition coefficient (Wildman–Crippen LogP) is 4.69. The second kappa shape index (κ2) is 10.3. The summed E-state index contributed by atoms with van der Waals surface area (Å²) in [6, 6.07) is 18.4. The quantitative estimate of drug-likeness (QED) is 0.569. The maximum absolute atomic E-state index is 12.7. The third kappa shape index (κ3) is 5.65. The van der Waals surface area contributed by atoms with E-state index in [2.05, 4.69) is 40.7 Å². The minimum Gasteiger partial charge on any atom is -0.459 e. The van der Waals surface area contributed by atoms with Gasteiger partial charge in [0, 0.05) is 24.3 Å². The lowest BCUT2D eigenvalue weighted by atomic mass is 9.98. The average Bonchev–Trinajstić information content (AvgIpc) is 3.36. The van der Waals surface area contributed by atoms with E-state index >= 15 is 0 Å². The molecule has 4 rings (SSSR count). The van der Waals surface area contributed by atoms with E-state index in [-0.39, 0.29) is 17.6 Å². The van der Waals surface area contributed by atoms with Gasteiger partial charge in [-0.05, 0) is 79.4 Å². The number of carbonyl (C=O) groups excluding carboxylic acids is 2. The average molecular weight is 432 g/mol. The SMILES string of the molecule is CC1CCN(Cc2ccccc2CNC(=O)c2ccc(NC(=O)c3ccco3)cc2)CC1. The van der Waals surface area contributed by atoms with Crippen molar-refractivity contribution in [2.24, 2.45) is 5.92 Å². The van der Waals surface area contributed by atoms with Gasteiger partial charge in [-0.15, -0.1) is 0 Å². The largest absolute Gasteiger partial charge is 0.459 e. The molecular formula is C26H29N3O3. The molecule has 1 fully saturated rings. The van der Waals surface area contributed by atoms with Gasteiger partial charge >= 0.3 is 0 Å². The normalized spacial score (nSPS) is 14.8. The first-order valence-electron chi connectivity index (χ1n) is 11.1. The van der Waals surface area contributed by atoms with Gasteiger partial charge < -0.3 is 15.1 Å². The molecular weight excluding hydrogens is 402 g/mol. The molecule has 1 aliphatic rings. The minimum absolute atomic E-state index is 0.143. The van der Waals surface area contributed by atoms with Crippen LogP contribution in [-0.4, -0.2) is 29.8 Å². The number of benzene rings is 2. The van der Waals surface area contributed by atoms with Crippen LogP contribution < -0.4 is 10.6 Å². The first kappa shape index (κ1) is 21.8. The van der Waals surface area contributed by atoms with Gasteiger partial charge in [0.2, 0.25) is 0 Å². The summed E-state index contributed by atoms with van der Waals surface area (Å²) < 4.78 is 5.09. The van der Waals surface area contributed by atoms with Crippen molar-refractivity contribution in [3.8, 4) is 0 Å². The van der Waals surface area contributed by atoms with E-state index in [4.69, 9.17) is 4.42 Å². The van der Waals surface area contributed by atoms with Crippen LogP contribution in [0.15, 0.2) is 71.3 Å². The van der Waals surface area contributed by atoms with E-state index in [0.29, 0.717) is 17.8 Å². The molecule has 32 heavy (non-hydrogen) atoms. The van der Waals surface area contributed by atoms with E-state index in [9.17, 15) is 9.59 Å². The lowest BCUT2D eigenvalue weighted by Crippen LogP contribution is -2.33. The van der Waals surface area contributed by atoms with Crippen molar-refractivity contribution in [2.75, 3.05) is 18.4 Å². The molecule has 0 saturated carbocycles. The van der Waals surface area contributed by atoms with E-state index < -0.39 is 0 Å². The molecule has 0 aliphatic carbocycles. The fourth-order valence-electron chi connectivity index (χ4n) is 3.93. The van der Waals surface area contributed by atoms with Gasteiger partial charge in [-0.2, -0.15) is 0 Å². The van der Waals surface area contributed by atoms with Crippen molar-refractivity contribution >= 4 is 17.5 Å². The Labute approximate surface area is 188 Å². The molecule has 6 heteroatoms. The van der Waals surface area contributed by atoms with E-state index in [1.165, 1.54) is 24.7 Å². The molecule has 0 radical (unpaired) electrons. The van der Waals surface area contributed by atoms with Gasteiger partial charge in [0.05, 0.1) is 6.26 Å². The third-order valence-corrected chi connectivity index (χ3v) is 5.98. The smallest absolute Gasteiger partial charge is 0.291 e. The number of rotatable bonds is 7. The fourth-order valence-corrected chi connectivity index (χ4v) is 3.93. The van der Waals surface area contributed by atoms with Crippen LogP contribution >= 0.6 is 0 Å². The van der Waals surface area contributed by atoms with Crippen LogP contribution in [0.3, 0.4) is 0 Å². The molecule has 6 nitrogen and oxygen atoms in total. The van der Waals surface area contributed by atoms with E-state index in [0.717, 1.165) is 31.1 Å². The molecule has 0 unspecified atom stereocenters. The van der Waals surface area contributed by atoms with E-state index in [1.54, 1.807) is 36.4 Å². The summed E-state index contributed by atoms with van der Waals surface area (Å²) in [6.45, 7) is 5.98. The number of nitrogens with one attached hydrogen (secondary N) is 2. The first-order chi connectivity index (χ1) is 15.6. The van der Waals surface area contributed by atoms with Gasteiger partial charge in [0.25, 0.3) is 11.8 Å². The highest BCUT2D eigenvalue weighted by atomic mass is 16.3. The van der Waals surface area contributed by atoms with Crippen LogP contribution in [0.1, 0.15) is 51.8 Å². The van der Waals surface area contributed by atoms with Gasteiger partial charge in [-0.1, -0.05) is 31.2 Å². The fraction of sp³-hybridized carbons (Fsp3) is 0.308. The third-order valence-electron chi connectivity index (χ3n) is 5.98. The summed E-state index contributed by atoms with van der Waals surface area (Å²) in [5, 5.41) is 5.77. The second-order valence-electron chi connectivity index (χ2n) is 8.42. The highest BCUT2D eigenvalue weighted by molar-refractivity contribution is 6.02. The number of anilines is 1. The van der Waals surface area contributed by atoms with Crippen LogP contribution in [0.4, 0.5) is 5.69 Å². The van der Waals surface area contributed by atoms with Crippen molar-refractivity contribution in [3.05, 3.63) is 89.4 Å². The lowest BCUT2D eigenvalue weighted by Gasteiger charge is -2.30. The van der Waals surface area contributed by atoms with Gasteiger partial charge in [-0.3, -0.25) is 14.5 Å². The zero-order chi connectivity index (χ0) is 22.3. The molecule has 0 atom stereocenters. The van der Waals surface area contributed by atoms with Crippen LogP contribution in [0, 0.1) is 5.92 Å². The highest BCUT2D eigenvalue weighted by Crippen LogP contribution is 2.20. The molecule has 0 bridgehead atoms. The number of carbonyl (C=O) groups is 2. The van der Waals surface area contributed by atoms with Gasteiger partial charge in [0.15, 0.2) is 5.76 Å². The molecule has 0 spiro atoms. The van der Waals surface area contributed by atoms with Crippen LogP contribution in [0.2, 0.25) is 0 Å². The Morgan fingerprint density at radius 2 is 1.66 bits per heavy atom. The number of amides is 2. The Balaban J connectivity index is 1.32. The van der Waals surface area contributed by atoms with E-state index in [1.807, 2.05) is 6.07 Å². The van der Waals surface area contributed by atoms with Crippen molar-refractivity contribution in [1.82, 2.24) is 10.2 Å². The lowest BCUT2D eigenvalue weighted by molar-refractivity contribution is 0.0949. The van der Waals surface area contributed by atoms with Crippen LogP contribution in [0.25, 0.3) is 0 Å².